The molecule has 38 heavy (non-hydrogen) atoms. The molecule has 5 N–H and O–H groups in total. The van der Waals surface area contributed by atoms with Gasteiger partial charge in [-0.25, -0.2) is 0 Å². The van der Waals surface area contributed by atoms with E-state index in [2.05, 4.69) is 22.8 Å². The topological polar surface area (TPSA) is 133 Å². The fraction of sp³-hybridized carbons (Fsp3) is 0.464. The van der Waals surface area contributed by atoms with Crippen molar-refractivity contribution < 1.29 is 19.7 Å². The van der Waals surface area contributed by atoms with Gasteiger partial charge in [-0.05, 0) is 53.8 Å². The number of carbonyl (C=O) groups excluding carboxylic acids is 1. The Morgan fingerprint density at radius 2 is 1.76 bits per heavy atom. The SMILES string of the molecule is CC(C)c1cc(C(=N)N(C(=N)C(=O)NCCCCCS)c2ccc(CN3CCOCC3)cc2)c(O)cc1O. The first-order valence-corrected chi connectivity index (χ1v) is 13.7. The maximum absolute atomic E-state index is 13.0. The third-order valence-electron chi connectivity index (χ3n) is 6.51. The van der Waals surface area contributed by atoms with E-state index in [1.807, 2.05) is 26.0 Å². The number of hydrogen-bond donors (Lipinski definition) is 6. The lowest BCUT2D eigenvalue weighted by Gasteiger charge is -2.28. The number of anilines is 1. The van der Waals surface area contributed by atoms with Crippen LogP contribution in [0, 0.1) is 10.8 Å². The Bertz CT molecular complexity index is 1120. The van der Waals surface area contributed by atoms with Gasteiger partial charge in [-0.15, -0.1) is 0 Å². The minimum atomic E-state index is -0.611. The fourth-order valence-electron chi connectivity index (χ4n) is 4.31. The van der Waals surface area contributed by atoms with Crippen LogP contribution in [0.5, 0.6) is 11.5 Å². The van der Waals surface area contributed by atoms with Crippen molar-refractivity contribution in [1.82, 2.24) is 10.2 Å². The number of hydrogen-bond acceptors (Lipinski definition) is 8. The number of ether oxygens (including phenoxy) is 1. The molecule has 9 nitrogen and oxygen atoms in total. The van der Waals surface area contributed by atoms with E-state index in [1.165, 1.54) is 11.0 Å². The second kappa shape index (κ2) is 14.2. The minimum absolute atomic E-state index is 0.0601. The second-order valence-corrected chi connectivity index (χ2v) is 10.2. The van der Waals surface area contributed by atoms with Crippen LogP contribution in [0.25, 0.3) is 0 Å². The molecule has 1 heterocycles. The van der Waals surface area contributed by atoms with Crippen molar-refractivity contribution in [3.63, 3.8) is 0 Å². The fourth-order valence-corrected chi connectivity index (χ4v) is 4.53. The zero-order valence-corrected chi connectivity index (χ0v) is 23.1. The minimum Gasteiger partial charge on any atom is -0.508 e. The zero-order valence-electron chi connectivity index (χ0n) is 22.2. The lowest BCUT2D eigenvalue weighted by atomic mass is 9.98. The van der Waals surface area contributed by atoms with Crippen LogP contribution in [0.4, 0.5) is 5.69 Å². The van der Waals surface area contributed by atoms with Gasteiger partial charge in [-0.3, -0.25) is 25.4 Å². The van der Waals surface area contributed by atoms with Crippen LogP contribution in [0.2, 0.25) is 0 Å². The highest BCUT2D eigenvalue weighted by molar-refractivity contribution is 7.80. The second-order valence-electron chi connectivity index (χ2n) is 9.71. The highest BCUT2D eigenvalue weighted by Crippen LogP contribution is 2.33. The summed E-state index contributed by atoms with van der Waals surface area (Å²) < 4.78 is 5.42. The maximum Gasteiger partial charge on any atom is 0.287 e. The molecule has 0 atom stereocenters. The lowest BCUT2D eigenvalue weighted by Crippen LogP contribution is -2.46. The van der Waals surface area contributed by atoms with Crippen LogP contribution in [-0.4, -0.2) is 71.3 Å². The van der Waals surface area contributed by atoms with Gasteiger partial charge in [0.2, 0.25) is 0 Å². The van der Waals surface area contributed by atoms with Gasteiger partial charge in [-0.1, -0.05) is 32.4 Å². The predicted molar refractivity (Wildman–Crippen MR) is 154 cm³/mol. The molecule has 1 amide bonds. The standard InChI is InChI=1S/C28H39N5O4S/c1-19(2)22-16-23(25(35)17-24(22)34)26(29)33(27(30)28(36)31-10-4-3-5-15-38)21-8-6-20(7-9-21)18-32-11-13-37-14-12-32/h6-9,16-17,19,29-30,34-35,38H,3-5,10-15,18H2,1-2H3,(H,31,36). The van der Waals surface area contributed by atoms with Gasteiger partial charge in [0.05, 0.1) is 18.8 Å². The van der Waals surface area contributed by atoms with Gasteiger partial charge < -0.3 is 20.3 Å². The number of phenolic OH excluding ortho intramolecular Hbond substituents is 2. The number of nitrogens with zero attached hydrogens (tertiary/aromatic N) is 2. The van der Waals surface area contributed by atoms with E-state index >= 15 is 0 Å². The van der Waals surface area contributed by atoms with Crippen LogP contribution >= 0.6 is 12.6 Å². The third kappa shape index (κ3) is 7.72. The number of nitrogens with one attached hydrogen (secondary N) is 3. The molecule has 0 bridgehead atoms. The molecule has 0 aliphatic carbocycles. The van der Waals surface area contributed by atoms with Gasteiger partial charge in [0.15, 0.2) is 5.84 Å². The Balaban J connectivity index is 1.89. The normalized spacial score (nSPS) is 13.9. The molecule has 0 aromatic heterocycles. The Morgan fingerprint density at radius 1 is 1.08 bits per heavy atom. The molecule has 10 heteroatoms. The molecule has 0 unspecified atom stereocenters. The van der Waals surface area contributed by atoms with Gasteiger partial charge in [-0.2, -0.15) is 12.6 Å². The number of phenols is 2. The molecular weight excluding hydrogens is 502 g/mol. The molecule has 2 aromatic carbocycles. The van der Waals surface area contributed by atoms with E-state index in [-0.39, 0.29) is 28.8 Å². The molecule has 2 aromatic rings. The molecule has 0 spiro atoms. The predicted octanol–water partition coefficient (Wildman–Crippen LogP) is 4.08. The van der Waals surface area contributed by atoms with E-state index in [0.29, 0.717) is 31.0 Å². The molecule has 3 rings (SSSR count). The Hall–Kier alpha value is -3.08. The first-order chi connectivity index (χ1) is 18.2. The van der Waals surface area contributed by atoms with E-state index in [0.717, 1.165) is 50.2 Å². The summed E-state index contributed by atoms with van der Waals surface area (Å²) in [6.45, 7) is 8.09. The number of amidine groups is 2. The summed E-state index contributed by atoms with van der Waals surface area (Å²) in [5.74, 6) is -0.919. The smallest absolute Gasteiger partial charge is 0.287 e. The van der Waals surface area contributed by atoms with Crippen molar-refractivity contribution in [2.75, 3.05) is 43.5 Å². The van der Waals surface area contributed by atoms with Gasteiger partial charge in [0.25, 0.3) is 5.91 Å². The summed E-state index contributed by atoms with van der Waals surface area (Å²) >= 11 is 4.20. The number of morpholine rings is 1. The summed E-state index contributed by atoms with van der Waals surface area (Å²) in [4.78, 5) is 16.5. The number of aromatic hydroxyl groups is 2. The summed E-state index contributed by atoms with van der Waals surface area (Å²) in [5, 5.41) is 41.3. The largest absolute Gasteiger partial charge is 0.508 e. The van der Waals surface area contributed by atoms with Crippen LogP contribution in [0.15, 0.2) is 36.4 Å². The Kier molecular flexibility index (Phi) is 11.0. The monoisotopic (exact) mass is 541 g/mol. The summed E-state index contributed by atoms with van der Waals surface area (Å²) in [6.07, 6.45) is 2.63. The number of carbonyl (C=O) groups is 1. The lowest BCUT2D eigenvalue weighted by molar-refractivity contribution is -0.114. The van der Waals surface area contributed by atoms with Crippen molar-refractivity contribution >= 4 is 35.9 Å². The summed E-state index contributed by atoms with van der Waals surface area (Å²) in [6, 6.07) is 10.1. The molecular formula is C28H39N5O4S. The summed E-state index contributed by atoms with van der Waals surface area (Å²) in [7, 11) is 0. The van der Waals surface area contributed by atoms with Gasteiger partial charge >= 0.3 is 0 Å². The summed E-state index contributed by atoms with van der Waals surface area (Å²) in [5.41, 5.74) is 2.20. The highest BCUT2D eigenvalue weighted by Gasteiger charge is 2.27. The zero-order chi connectivity index (χ0) is 27.7. The van der Waals surface area contributed by atoms with Gasteiger partial charge in [0, 0.05) is 37.9 Å². The Morgan fingerprint density at radius 3 is 2.39 bits per heavy atom. The first-order valence-electron chi connectivity index (χ1n) is 13.0. The van der Waals surface area contributed by atoms with E-state index < -0.39 is 11.7 Å². The average Bonchev–Trinajstić information content (AvgIpc) is 2.89. The molecule has 0 radical (unpaired) electrons. The van der Waals surface area contributed by atoms with Crippen molar-refractivity contribution in [1.29, 1.82) is 10.8 Å². The number of unbranched alkanes of at least 4 members (excludes halogenated alkanes) is 2. The van der Waals surface area contributed by atoms with Crippen LogP contribution in [0.3, 0.4) is 0 Å². The quantitative estimate of drug-likeness (QED) is 0.116. The maximum atomic E-state index is 13.0. The number of amides is 1. The van der Waals surface area contributed by atoms with Gasteiger partial charge in [0.1, 0.15) is 17.3 Å². The Labute approximate surface area is 230 Å². The molecule has 206 valence electrons. The highest BCUT2D eigenvalue weighted by atomic mass is 32.1. The third-order valence-corrected chi connectivity index (χ3v) is 6.83. The van der Waals surface area contributed by atoms with Crippen molar-refractivity contribution in [2.24, 2.45) is 0 Å². The molecule has 1 aliphatic rings. The molecule has 1 fully saturated rings. The van der Waals surface area contributed by atoms with Crippen molar-refractivity contribution in [2.45, 2.75) is 45.6 Å². The van der Waals surface area contributed by atoms with Crippen LogP contribution in [-0.2, 0) is 16.1 Å². The number of thiol groups is 1. The van der Waals surface area contributed by atoms with Crippen LogP contribution in [0.1, 0.15) is 55.7 Å². The van der Waals surface area contributed by atoms with Crippen LogP contribution < -0.4 is 10.2 Å². The molecule has 0 saturated carbocycles. The number of rotatable bonds is 10. The van der Waals surface area contributed by atoms with E-state index in [1.54, 1.807) is 18.2 Å². The van der Waals surface area contributed by atoms with E-state index in [4.69, 9.17) is 15.6 Å². The first kappa shape index (κ1) is 29.5. The van der Waals surface area contributed by atoms with E-state index in [9.17, 15) is 15.0 Å². The van der Waals surface area contributed by atoms with Crippen molar-refractivity contribution in [3.8, 4) is 11.5 Å². The average molecular weight is 542 g/mol. The van der Waals surface area contributed by atoms with Crippen molar-refractivity contribution in [3.05, 3.63) is 53.1 Å². The molecule has 1 aliphatic heterocycles. The number of benzene rings is 2. The molecule has 1 saturated heterocycles.